The fourth-order valence-corrected chi connectivity index (χ4v) is 4.75. The smallest absolute Gasteiger partial charge is 0.225 e. The van der Waals surface area contributed by atoms with Crippen LogP contribution in [0.5, 0.6) is 5.75 Å². The Morgan fingerprint density at radius 3 is 2.57 bits per heavy atom. The fraction of sp³-hybridized carbons (Fsp3) is 0.591. The first kappa shape index (κ1) is 22.4. The lowest BCUT2D eigenvalue weighted by molar-refractivity contribution is -0.144. The highest BCUT2D eigenvalue weighted by molar-refractivity contribution is 6.30. The number of likely N-dealkylation sites (tertiary alicyclic amines) is 2. The van der Waals surface area contributed by atoms with E-state index in [-0.39, 0.29) is 24.2 Å². The summed E-state index contributed by atoms with van der Waals surface area (Å²) in [6.07, 6.45) is 3.08. The molecule has 7 nitrogen and oxygen atoms in total. The number of benzene rings is 1. The summed E-state index contributed by atoms with van der Waals surface area (Å²) in [5.41, 5.74) is 5.04. The molecular formula is C22H30ClN3O4. The maximum atomic E-state index is 13.2. The third kappa shape index (κ3) is 5.65. The van der Waals surface area contributed by atoms with Crippen LogP contribution in [0.25, 0.3) is 0 Å². The molecule has 3 rings (SSSR count). The minimum absolute atomic E-state index is 0.0533. The number of rotatable bonds is 6. The fourth-order valence-electron chi connectivity index (χ4n) is 4.57. The van der Waals surface area contributed by atoms with Crippen molar-refractivity contribution in [1.82, 2.24) is 9.80 Å². The van der Waals surface area contributed by atoms with Gasteiger partial charge in [0.05, 0.1) is 6.61 Å². The van der Waals surface area contributed by atoms with E-state index < -0.39 is 11.3 Å². The molecule has 1 atom stereocenters. The zero-order chi connectivity index (χ0) is 21.7. The predicted molar refractivity (Wildman–Crippen MR) is 114 cm³/mol. The van der Waals surface area contributed by atoms with Gasteiger partial charge >= 0.3 is 0 Å². The number of hydrogen-bond donors (Lipinski definition) is 1. The lowest BCUT2D eigenvalue weighted by Crippen LogP contribution is -2.52. The van der Waals surface area contributed by atoms with Crippen molar-refractivity contribution in [2.75, 3.05) is 32.8 Å². The molecule has 2 heterocycles. The summed E-state index contributed by atoms with van der Waals surface area (Å²) < 4.78 is 5.97. The Hall–Kier alpha value is -2.28. The minimum atomic E-state index is -0.512. The summed E-state index contributed by atoms with van der Waals surface area (Å²) >= 11 is 6.03. The van der Waals surface area contributed by atoms with E-state index in [1.54, 1.807) is 24.0 Å². The number of carbonyl (C=O) groups excluding carboxylic acids is 3. The van der Waals surface area contributed by atoms with Crippen molar-refractivity contribution in [3.05, 3.63) is 29.3 Å². The van der Waals surface area contributed by atoms with E-state index in [1.165, 1.54) is 0 Å². The molecule has 2 N–H and O–H groups in total. The number of piperidine rings is 2. The molecule has 1 aromatic carbocycles. The van der Waals surface area contributed by atoms with E-state index in [9.17, 15) is 14.4 Å². The molecule has 0 aromatic heterocycles. The molecule has 0 bridgehead atoms. The first-order chi connectivity index (χ1) is 14.3. The highest BCUT2D eigenvalue weighted by Crippen LogP contribution is 2.36. The van der Waals surface area contributed by atoms with Gasteiger partial charge in [0.25, 0.3) is 0 Å². The number of carbonyl (C=O) groups is 3. The van der Waals surface area contributed by atoms with E-state index in [0.717, 1.165) is 12.8 Å². The molecule has 30 heavy (non-hydrogen) atoms. The molecular weight excluding hydrogens is 406 g/mol. The first-order valence-electron chi connectivity index (χ1n) is 10.5. The van der Waals surface area contributed by atoms with Crippen LogP contribution < -0.4 is 10.5 Å². The number of ether oxygens (including phenoxy) is 1. The minimum Gasteiger partial charge on any atom is -0.493 e. The van der Waals surface area contributed by atoms with Gasteiger partial charge in [0.2, 0.25) is 17.7 Å². The molecule has 0 unspecified atom stereocenters. The average molecular weight is 436 g/mol. The summed E-state index contributed by atoms with van der Waals surface area (Å²) in [5.74, 6) is 0.311. The Balaban J connectivity index is 1.66. The number of nitrogens with zero attached hydrogens (tertiary/aromatic N) is 2. The van der Waals surface area contributed by atoms with Crippen LogP contribution in [-0.2, 0) is 14.4 Å². The zero-order valence-corrected chi connectivity index (χ0v) is 18.2. The van der Waals surface area contributed by atoms with E-state index in [1.807, 2.05) is 17.0 Å². The van der Waals surface area contributed by atoms with Gasteiger partial charge in [0, 0.05) is 55.9 Å². The average Bonchev–Trinajstić information content (AvgIpc) is 2.71. The second-order valence-corrected chi connectivity index (χ2v) is 8.97. The number of halogens is 1. The van der Waals surface area contributed by atoms with Crippen LogP contribution in [0.2, 0.25) is 5.02 Å². The molecule has 3 amide bonds. The molecule has 164 valence electrons. The summed E-state index contributed by atoms with van der Waals surface area (Å²) in [7, 11) is 0. The first-order valence-corrected chi connectivity index (χ1v) is 10.9. The van der Waals surface area contributed by atoms with Crippen molar-refractivity contribution in [3.63, 3.8) is 0 Å². The second-order valence-electron chi connectivity index (χ2n) is 8.53. The molecule has 1 aromatic rings. The van der Waals surface area contributed by atoms with Crippen molar-refractivity contribution in [2.45, 2.75) is 39.0 Å². The van der Waals surface area contributed by atoms with Gasteiger partial charge in [-0.3, -0.25) is 14.4 Å². The van der Waals surface area contributed by atoms with Crippen molar-refractivity contribution >= 4 is 29.3 Å². The predicted octanol–water partition coefficient (Wildman–Crippen LogP) is 2.46. The second kappa shape index (κ2) is 9.69. The van der Waals surface area contributed by atoms with Crippen LogP contribution in [0.15, 0.2) is 24.3 Å². The largest absolute Gasteiger partial charge is 0.493 e. The Bertz CT molecular complexity index is 794. The van der Waals surface area contributed by atoms with Gasteiger partial charge in [-0.15, -0.1) is 0 Å². The molecule has 0 aliphatic carbocycles. The quantitative estimate of drug-likeness (QED) is 0.742. The Kier molecular flexibility index (Phi) is 7.23. The van der Waals surface area contributed by atoms with Gasteiger partial charge in [-0.1, -0.05) is 17.7 Å². The Morgan fingerprint density at radius 1 is 1.20 bits per heavy atom. The summed E-state index contributed by atoms with van der Waals surface area (Å²) in [5, 5.41) is 0.578. The number of hydrogen-bond acceptors (Lipinski definition) is 4. The summed E-state index contributed by atoms with van der Waals surface area (Å²) in [6.45, 7) is 4.20. The van der Waals surface area contributed by atoms with Crippen molar-refractivity contribution in [1.29, 1.82) is 0 Å². The molecule has 8 heteroatoms. The van der Waals surface area contributed by atoms with Gasteiger partial charge in [-0.2, -0.15) is 0 Å². The highest BCUT2D eigenvalue weighted by Gasteiger charge is 2.41. The van der Waals surface area contributed by atoms with Gasteiger partial charge < -0.3 is 20.3 Å². The molecule has 2 aliphatic rings. The maximum absolute atomic E-state index is 13.2. The number of amides is 3. The van der Waals surface area contributed by atoms with Crippen LogP contribution in [0, 0.1) is 11.3 Å². The lowest BCUT2D eigenvalue weighted by Gasteiger charge is -2.43. The van der Waals surface area contributed by atoms with Crippen molar-refractivity contribution in [2.24, 2.45) is 17.1 Å². The van der Waals surface area contributed by atoms with Crippen LogP contribution in [0.3, 0.4) is 0 Å². The SMILES string of the molecule is CC(=O)N1CCC(C(=O)N2CCC[C@@](COc3cccc(Cl)c3)(CC(N)=O)C2)CC1. The normalized spacial score (nSPS) is 22.6. The third-order valence-electron chi connectivity index (χ3n) is 6.15. The van der Waals surface area contributed by atoms with Gasteiger partial charge in [-0.05, 0) is 43.9 Å². The Labute approximate surface area is 182 Å². The monoisotopic (exact) mass is 435 g/mol. The number of primary amides is 1. The lowest BCUT2D eigenvalue weighted by atomic mass is 9.77. The molecule has 0 spiro atoms. The highest BCUT2D eigenvalue weighted by atomic mass is 35.5. The molecule has 0 radical (unpaired) electrons. The Morgan fingerprint density at radius 2 is 1.93 bits per heavy atom. The van der Waals surface area contributed by atoms with Crippen LogP contribution >= 0.6 is 11.6 Å². The van der Waals surface area contributed by atoms with Crippen LogP contribution in [0.1, 0.15) is 39.0 Å². The van der Waals surface area contributed by atoms with Gasteiger partial charge in [0.1, 0.15) is 5.75 Å². The van der Waals surface area contributed by atoms with Crippen molar-refractivity contribution < 1.29 is 19.1 Å². The van der Waals surface area contributed by atoms with Crippen LogP contribution in [-0.4, -0.2) is 60.3 Å². The van der Waals surface area contributed by atoms with E-state index >= 15 is 0 Å². The number of nitrogens with two attached hydrogens (primary N) is 1. The molecule has 2 aliphatic heterocycles. The molecule has 0 saturated carbocycles. The van der Waals surface area contributed by atoms with E-state index in [4.69, 9.17) is 22.1 Å². The topological polar surface area (TPSA) is 92.9 Å². The summed E-state index contributed by atoms with van der Waals surface area (Å²) in [4.78, 5) is 40.2. The summed E-state index contributed by atoms with van der Waals surface area (Å²) in [6, 6.07) is 7.13. The molecule has 2 fully saturated rings. The van der Waals surface area contributed by atoms with Gasteiger partial charge in [0.15, 0.2) is 0 Å². The van der Waals surface area contributed by atoms with Crippen molar-refractivity contribution in [3.8, 4) is 5.75 Å². The zero-order valence-electron chi connectivity index (χ0n) is 17.4. The standard InChI is InChI=1S/C22H30ClN3O4/c1-16(27)25-10-6-17(7-11-25)21(29)26-9-3-8-22(14-26,13-20(24)28)15-30-19-5-2-4-18(23)12-19/h2,4-5,12,17H,3,6-11,13-15H2,1H3,(H2,24,28)/t22-/m1/s1. The van der Waals surface area contributed by atoms with E-state index in [0.29, 0.717) is 56.4 Å². The van der Waals surface area contributed by atoms with Crippen LogP contribution in [0.4, 0.5) is 0 Å². The van der Waals surface area contributed by atoms with E-state index in [2.05, 4.69) is 0 Å². The maximum Gasteiger partial charge on any atom is 0.225 e. The van der Waals surface area contributed by atoms with Gasteiger partial charge in [-0.25, -0.2) is 0 Å². The molecule has 2 saturated heterocycles. The third-order valence-corrected chi connectivity index (χ3v) is 6.39.